The molecule has 88 valence electrons. The van der Waals surface area contributed by atoms with Crippen LogP contribution >= 0.6 is 11.6 Å². The summed E-state index contributed by atoms with van der Waals surface area (Å²) in [5.41, 5.74) is 7.83. The Morgan fingerprint density at radius 1 is 1.18 bits per heavy atom. The van der Waals surface area contributed by atoms with Gasteiger partial charge in [-0.3, -0.25) is 0 Å². The van der Waals surface area contributed by atoms with E-state index in [9.17, 15) is 4.39 Å². The smallest absolute Gasteiger partial charge is 0.143 e. The summed E-state index contributed by atoms with van der Waals surface area (Å²) in [6.45, 7) is 0.589. The summed E-state index contributed by atoms with van der Waals surface area (Å²) in [4.78, 5) is 0. The van der Waals surface area contributed by atoms with E-state index in [1.54, 1.807) is 0 Å². The third kappa shape index (κ3) is 2.88. The van der Waals surface area contributed by atoms with Crippen LogP contribution in [0.2, 0.25) is 5.02 Å². The number of nitrogens with one attached hydrogen (secondary N) is 1. The molecule has 17 heavy (non-hydrogen) atoms. The molecule has 2 aromatic carbocycles. The van der Waals surface area contributed by atoms with Crippen LogP contribution in [0.15, 0.2) is 42.5 Å². The molecule has 0 aromatic heterocycles. The molecule has 0 aliphatic carbocycles. The zero-order valence-electron chi connectivity index (χ0n) is 9.08. The van der Waals surface area contributed by atoms with Crippen LogP contribution in [0.5, 0.6) is 0 Å². The van der Waals surface area contributed by atoms with E-state index in [0.29, 0.717) is 17.9 Å². The lowest BCUT2D eigenvalue weighted by Crippen LogP contribution is -2.03. The quantitative estimate of drug-likeness (QED) is 0.816. The van der Waals surface area contributed by atoms with Crippen LogP contribution in [-0.2, 0) is 6.54 Å². The summed E-state index contributed by atoms with van der Waals surface area (Å²) < 4.78 is 13.3. The Bertz CT molecular complexity index is 514. The van der Waals surface area contributed by atoms with Gasteiger partial charge in [-0.1, -0.05) is 41.9 Å². The molecule has 0 saturated carbocycles. The maximum Gasteiger partial charge on any atom is 0.143 e. The van der Waals surface area contributed by atoms with Crippen LogP contribution < -0.4 is 11.1 Å². The van der Waals surface area contributed by atoms with Gasteiger partial charge in [-0.2, -0.15) is 0 Å². The van der Waals surface area contributed by atoms with Gasteiger partial charge in [-0.05, 0) is 11.6 Å². The van der Waals surface area contributed by atoms with Crippen molar-refractivity contribution < 1.29 is 4.39 Å². The summed E-state index contributed by atoms with van der Waals surface area (Å²) in [5.74, 6) is -0.476. The van der Waals surface area contributed by atoms with E-state index in [4.69, 9.17) is 17.3 Å². The van der Waals surface area contributed by atoms with E-state index < -0.39 is 5.82 Å². The van der Waals surface area contributed by atoms with Crippen LogP contribution in [0, 0.1) is 5.82 Å². The molecule has 0 aliphatic rings. The van der Waals surface area contributed by atoms with Gasteiger partial charge in [0, 0.05) is 12.6 Å². The van der Waals surface area contributed by atoms with Crippen molar-refractivity contribution >= 4 is 23.0 Å². The molecule has 0 aliphatic heterocycles. The average Bonchev–Trinajstić information content (AvgIpc) is 2.33. The molecule has 2 aromatic rings. The zero-order valence-corrected chi connectivity index (χ0v) is 9.84. The topological polar surface area (TPSA) is 38.0 Å². The van der Waals surface area contributed by atoms with E-state index in [2.05, 4.69) is 5.32 Å². The van der Waals surface area contributed by atoms with Crippen molar-refractivity contribution in [3.05, 3.63) is 58.9 Å². The number of hydrogen-bond donors (Lipinski definition) is 2. The van der Waals surface area contributed by atoms with E-state index in [1.165, 1.54) is 12.1 Å². The van der Waals surface area contributed by atoms with Gasteiger partial charge in [0.1, 0.15) is 5.82 Å². The Morgan fingerprint density at radius 3 is 2.59 bits per heavy atom. The number of nitrogen functional groups attached to an aromatic ring is 1. The molecule has 2 rings (SSSR count). The van der Waals surface area contributed by atoms with Crippen LogP contribution in [-0.4, -0.2) is 0 Å². The molecular formula is C13H12ClFN2. The molecule has 0 saturated heterocycles. The van der Waals surface area contributed by atoms with Crippen LogP contribution in [0.4, 0.5) is 15.8 Å². The lowest BCUT2D eigenvalue weighted by atomic mass is 10.2. The van der Waals surface area contributed by atoms with Gasteiger partial charge in [0.25, 0.3) is 0 Å². The van der Waals surface area contributed by atoms with Crippen molar-refractivity contribution in [3.8, 4) is 0 Å². The van der Waals surface area contributed by atoms with Gasteiger partial charge in [0.15, 0.2) is 0 Å². The number of anilines is 2. The normalized spacial score (nSPS) is 10.2. The minimum absolute atomic E-state index is 0.0350. The second kappa shape index (κ2) is 5.06. The number of hydrogen-bond acceptors (Lipinski definition) is 2. The first-order valence-corrected chi connectivity index (χ1v) is 5.57. The average molecular weight is 251 g/mol. The highest BCUT2D eigenvalue weighted by atomic mass is 35.5. The molecule has 0 spiro atoms. The molecular weight excluding hydrogens is 239 g/mol. The molecule has 0 radical (unpaired) electrons. The maximum atomic E-state index is 13.3. The van der Waals surface area contributed by atoms with Crippen molar-refractivity contribution in [2.75, 3.05) is 11.1 Å². The fourth-order valence-electron chi connectivity index (χ4n) is 1.51. The van der Waals surface area contributed by atoms with Crippen molar-refractivity contribution in [2.45, 2.75) is 6.54 Å². The molecule has 0 heterocycles. The number of rotatable bonds is 3. The highest BCUT2D eigenvalue weighted by Crippen LogP contribution is 2.26. The van der Waals surface area contributed by atoms with Gasteiger partial charge in [-0.15, -0.1) is 0 Å². The monoisotopic (exact) mass is 250 g/mol. The molecule has 0 amide bonds. The minimum atomic E-state index is -0.476. The summed E-state index contributed by atoms with van der Waals surface area (Å²) in [7, 11) is 0. The lowest BCUT2D eigenvalue weighted by Gasteiger charge is -2.10. The summed E-state index contributed by atoms with van der Waals surface area (Å²) in [6, 6.07) is 12.5. The van der Waals surface area contributed by atoms with Crippen LogP contribution in [0.25, 0.3) is 0 Å². The zero-order chi connectivity index (χ0) is 12.3. The van der Waals surface area contributed by atoms with E-state index in [0.717, 1.165) is 5.56 Å². The van der Waals surface area contributed by atoms with Crippen LogP contribution in [0.3, 0.4) is 0 Å². The third-order valence-corrected chi connectivity index (χ3v) is 2.71. The number of halogens is 2. The highest BCUT2D eigenvalue weighted by molar-refractivity contribution is 6.31. The molecule has 2 nitrogen and oxygen atoms in total. The SMILES string of the molecule is Nc1cc(Cl)c(F)cc1NCc1ccccc1. The van der Waals surface area contributed by atoms with E-state index >= 15 is 0 Å². The molecule has 3 N–H and O–H groups in total. The van der Waals surface area contributed by atoms with E-state index in [1.807, 2.05) is 30.3 Å². The predicted octanol–water partition coefficient (Wildman–Crippen LogP) is 3.67. The fourth-order valence-corrected chi connectivity index (χ4v) is 1.68. The largest absolute Gasteiger partial charge is 0.397 e. The summed E-state index contributed by atoms with van der Waals surface area (Å²) in [6.07, 6.45) is 0. The van der Waals surface area contributed by atoms with Crippen molar-refractivity contribution in [1.82, 2.24) is 0 Å². The van der Waals surface area contributed by atoms with Crippen molar-refractivity contribution in [1.29, 1.82) is 0 Å². The summed E-state index contributed by atoms with van der Waals surface area (Å²) >= 11 is 5.62. The van der Waals surface area contributed by atoms with E-state index in [-0.39, 0.29) is 5.02 Å². The van der Waals surface area contributed by atoms with Crippen LogP contribution in [0.1, 0.15) is 5.56 Å². The lowest BCUT2D eigenvalue weighted by molar-refractivity contribution is 0.629. The first kappa shape index (κ1) is 11.7. The molecule has 4 heteroatoms. The Labute approximate surface area is 104 Å². The highest BCUT2D eigenvalue weighted by Gasteiger charge is 2.05. The molecule has 0 bridgehead atoms. The second-order valence-corrected chi connectivity index (χ2v) is 4.10. The Kier molecular flexibility index (Phi) is 3.49. The minimum Gasteiger partial charge on any atom is -0.397 e. The Balaban J connectivity index is 2.12. The predicted molar refractivity (Wildman–Crippen MR) is 69.6 cm³/mol. The fraction of sp³-hybridized carbons (Fsp3) is 0.0769. The van der Waals surface area contributed by atoms with Crippen molar-refractivity contribution in [3.63, 3.8) is 0 Å². The number of benzene rings is 2. The van der Waals surface area contributed by atoms with Gasteiger partial charge in [0.05, 0.1) is 16.4 Å². The first-order chi connectivity index (χ1) is 8.16. The van der Waals surface area contributed by atoms with Gasteiger partial charge in [0.2, 0.25) is 0 Å². The maximum absolute atomic E-state index is 13.3. The number of nitrogens with two attached hydrogens (primary N) is 1. The van der Waals surface area contributed by atoms with Gasteiger partial charge in [-0.25, -0.2) is 4.39 Å². The Hall–Kier alpha value is -1.74. The Morgan fingerprint density at radius 2 is 1.88 bits per heavy atom. The standard InChI is InChI=1S/C13H12ClFN2/c14-10-6-12(16)13(7-11(10)15)17-8-9-4-2-1-3-5-9/h1-7,17H,8,16H2. The molecule has 0 atom stereocenters. The third-order valence-electron chi connectivity index (χ3n) is 2.42. The first-order valence-electron chi connectivity index (χ1n) is 5.19. The summed E-state index contributed by atoms with van der Waals surface area (Å²) in [5, 5.41) is 3.11. The van der Waals surface area contributed by atoms with Crippen molar-refractivity contribution in [2.24, 2.45) is 0 Å². The molecule has 0 fully saturated rings. The second-order valence-electron chi connectivity index (χ2n) is 3.69. The van der Waals surface area contributed by atoms with Gasteiger partial charge >= 0.3 is 0 Å². The molecule has 0 unspecified atom stereocenters. The van der Waals surface area contributed by atoms with Gasteiger partial charge < -0.3 is 11.1 Å².